The van der Waals surface area contributed by atoms with Crippen LogP contribution in [0.5, 0.6) is 11.6 Å². The molecular formula is C11H8BrFN4O2. The largest absolute Gasteiger partial charge is 0.434 e. The van der Waals surface area contributed by atoms with Gasteiger partial charge in [0.1, 0.15) is 0 Å². The summed E-state index contributed by atoms with van der Waals surface area (Å²) in [6.45, 7) is 0. The van der Waals surface area contributed by atoms with Crippen molar-refractivity contribution >= 4 is 21.8 Å². The molecule has 19 heavy (non-hydrogen) atoms. The highest BCUT2D eigenvalue weighted by atomic mass is 79.9. The van der Waals surface area contributed by atoms with Gasteiger partial charge in [-0.1, -0.05) is 21.1 Å². The Balaban J connectivity index is 2.38. The Kier molecular flexibility index (Phi) is 3.91. The van der Waals surface area contributed by atoms with Gasteiger partial charge < -0.3 is 15.7 Å². The number of amidine groups is 1. The van der Waals surface area contributed by atoms with Gasteiger partial charge in [0.2, 0.25) is 5.88 Å². The number of halogens is 2. The Morgan fingerprint density at radius 3 is 2.79 bits per heavy atom. The van der Waals surface area contributed by atoms with Gasteiger partial charge >= 0.3 is 0 Å². The molecule has 1 aromatic heterocycles. The second-order valence-corrected chi connectivity index (χ2v) is 4.29. The van der Waals surface area contributed by atoms with Crippen LogP contribution in [0.4, 0.5) is 4.39 Å². The number of aromatic nitrogens is 2. The summed E-state index contributed by atoms with van der Waals surface area (Å²) in [5, 5.41) is 11.4. The first-order valence-corrected chi connectivity index (χ1v) is 5.83. The monoisotopic (exact) mass is 326 g/mol. The van der Waals surface area contributed by atoms with Gasteiger partial charge in [-0.3, -0.25) is 0 Å². The summed E-state index contributed by atoms with van der Waals surface area (Å²) in [5.41, 5.74) is 5.45. The fourth-order valence-corrected chi connectivity index (χ4v) is 1.62. The molecule has 2 aromatic rings. The maximum Gasteiger partial charge on any atom is 0.249 e. The van der Waals surface area contributed by atoms with Crippen LogP contribution in [0.2, 0.25) is 0 Å². The van der Waals surface area contributed by atoms with Crippen molar-refractivity contribution in [3.8, 4) is 11.6 Å². The van der Waals surface area contributed by atoms with Crippen molar-refractivity contribution in [2.45, 2.75) is 0 Å². The minimum absolute atomic E-state index is 0.0207. The van der Waals surface area contributed by atoms with Crippen molar-refractivity contribution in [1.82, 2.24) is 9.97 Å². The Labute approximate surface area is 115 Å². The van der Waals surface area contributed by atoms with E-state index in [-0.39, 0.29) is 23.2 Å². The molecule has 0 atom stereocenters. The molecule has 0 bridgehead atoms. The second-order valence-electron chi connectivity index (χ2n) is 3.37. The van der Waals surface area contributed by atoms with E-state index in [9.17, 15) is 4.39 Å². The van der Waals surface area contributed by atoms with Crippen LogP contribution in [0.15, 0.2) is 40.2 Å². The highest BCUT2D eigenvalue weighted by molar-refractivity contribution is 9.10. The van der Waals surface area contributed by atoms with Crippen LogP contribution in [-0.2, 0) is 0 Å². The number of benzene rings is 1. The molecule has 0 unspecified atom stereocenters. The van der Waals surface area contributed by atoms with Crippen molar-refractivity contribution in [2.24, 2.45) is 10.9 Å². The molecule has 0 fully saturated rings. The lowest BCUT2D eigenvalue weighted by Gasteiger charge is -2.08. The zero-order valence-corrected chi connectivity index (χ0v) is 11.0. The Morgan fingerprint density at radius 2 is 2.11 bits per heavy atom. The topological polar surface area (TPSA) is 93.6 Å². The number of nitrogens with two attached hydrogens (primary N) is 1. The fraction of sp³-hybridized carbons (Fsp3) is 0. The number of ether oxygens (including phenoxy) is 1. The van der Waals surface area contributed by atoms with Crippen LogP contribution in [-0.4, -0.2) is 21.0 Å². The van der Waals surface area contributed by atoms with Gasteiger partial charge in [-0.15, -0.1) is 0 Å². The molecule has 98 valence electrons. The molecule has 0 aliphatic carbocycles. The maximum atomic E-state index is 13.6. The van der Waals surface area contributed by atoms with Crippen molar-refractivity contribution in [2.75, 3.05) is 0 Å². The average Bonchev–Trinajstić information content (AvgIpc) is 2.41. The number of nitrogens with zero attached hydrogens (tertiary/aromatic N) is 3. The zero-order chi connectivity index (χ0) is 13.8. The molecule has 0 amide bonds. The minimum atomic E-state index is -0.578. The van der Waals surface area contributed by atoms with Crippen LogP contribution >= 0.6 is 15.9 Å². The van der Waals surface area contributed by atoms with Gasteiger partial charge in [0.15, 0.2) is 23.1 Å². The van der Waals surface area contributed by atoms with E-state index in [1.165, 1.54) is 24.5 Å². The van der Waals surface area contributed by atoms with Gasteiger partial charge in [0.05, 0.1) is 0 Å². The van der Waals surface area contributed by atoms with Gasteiger partial charge in [0, 0.05) is 16.9 Å². The average molecular weight is 327 g/mol. The third-order valence-corrected chi connectivity index (χ3v) is 2.61. The number of oxime groups is 1. The standard InChI is InChI=1S/C11H8BrFN4O2/c12-6-1-2-8(7(13)5-6)19-11-9(10(14)17-18)15-3-4-16-11/h1-5,18H,(H2,14,17). The van der Waals surface area contributed by atoms with Crippen molar-refractivity contribution in [1.29, 1.82) is 0 Å². The van der Waals surface area contributed by atoms with E-state index in [1.807, 2.05) is 0 Å². The summed E-state index contributed by atoms with van der Waals surface area (Å²) < 4.78 is 19.5. The summed E-state index contributed by atoms with van der Waals surface area (Å²) in [4.78, 5) is 7.73. The molecule has 0 saturated carbocycles. The number of rotatable bonds is 3. The Hall–Kier alpha value is -2.22. The maximum absolute atomic E-state index is 13.6. The molecule has 6 nitrogen and oxygen atoms in total. The Bertz CT molecular complexity index is 636. The fourth-order valence-electron chi connectivity index (χ4n) is 1.29. The highest BCUT2D eigenvalue weighted by Crippen LogP contribution is 2.26. The summed E-state index contributed by atoms with van der Waals surface area (Å²) >= 11 is 3.13. The highest BCUT2D eigenvalue weighted by Gasteiger charge is 2.14. The molecule has 0 aliphatic rings. The first-order chi connectivity index (χ1) is 9.11. The molecule has 1 aromatic carbocycles. The summed E-state index contributed by atoms with van der Waals surface area (Å²) in [6, 6.07) is 4.27. The predicted octanol–water partition coefficient (Wildman–Crippen LogP) is 2.26. The smallest absolute Gasteiger partial charge is 0.249 e. The van der Waals surface area contributed by atoms with Crippen LogP contribution in [0, 0.1) is 5.82 Å². The van der Waals surface area contributed by atoms with Crippen LogP contribution in [0.3, 0.4) is 0 Å². The van der Waals surface area contributed by atoms with E-state index in [4.69, 9.17) is 15.7 Å². The van der Waals surface area contributed by atoms with E-state index in [1.54, 1.807) is 6.07 Å². The normalized spacial score (nSPS) is 11.4. The van der Waals surface area contributed by atoms with E-state index in [0.29, 0.717) is 4.47 Å². The third kappa shape index (κ3) is 2.97. The predicted molar refractivity (Wildman–Crippen MR) is 68.7 cm³/mol. The lowest BCUT2D eigenvalue weighted by atomic mass is 10.3. The SMILES string of the molecule is NC(=NO)c1nccnc1Oc1ccc(Br)cc1F. The summed E-state index contributed by atoms with van der Waals surface area (Å²) in [5.74, 6) is -0.958. The molecule has 3 N–H and O–H groups in total. The van der Waals surface area contributed by atoms with Crippen LogP contribution in [0.25, 0.3) is 0 Å². The molecule has 0 saturated heterocycles. The van der Waals surface area contributed by atoms with E-state index in [2.05, 4.69) is 31.1 Å². The zero-order valence-electron chi connectivity index (χ0n) is 9.42. The summed E-state index contributed by atoms with van der Waals surface area (Å²) in [6.07, 6.45) is 2.69. The lowest BCUT2D eigenvalue weighted by Crippen LogP contribution is -2.16. The molecule has 8 heteroatoms. The van der Waals surface area contributed by atoms with E-state index in [0.717, 1.165) is 0 Å². The van der Waals surface area contributed by atoms with E-state index < -0.39 is 5.82 Å². The molecule has 0 spiro atoms. The number of hydrogen-bond acceptors (Lipinski definition) is 5. The van der Waals surface area contributed by atoms with Gasteiger partial charge in [-0.25, -0.2) is 14.4 Å². The Morgan fingerprint density at radius 1 is 1.37 bits per heavy atom. The molecule has 0 radical (unpaired) electrons. The molecule has 1 heterocycles. The first kappa shape index (κ1) is 13.2. The van der Waals surface area contributed by atoms with Crippen molar-refractivity contribution < 1.29 is 14.3 Å². The molecular weight excluding hydrogens is 319 g/mol. The van der Waals surface area contributed by atoms with Crippen LogP contribution in [0.1, 0.15) is 5.69 Å². The number of hydrogen-bond donors (Lipinski definition) is 2. The first-order valence-electron chi connectivity index (χ1n) is 5.03. The summed E-state index contributed by atoms with van der Waals surface area (Å²) in [7, 11) is 0. The van der Waals surface area contributed by atoms with Crippen molar-refractivity contribution in [3.05, 3.63) is 46.6 Å². The minimum Gasteiger partial charge on any atom is -0.434 e. The second kappa shape index (κ2) is 5.61. The molecule has 2 rings (SSSR count). The van der Waals surface area contributed by atoms with E-state index >= 15 is 0 Å². The van der Waals surface area contributed by atoms with Gasteiger partial charge in [-0.05, 0) is 18.2 Å². The van der Waals surface area contributed by atoms with Gasteiger partial charge in [-0.2, -0.15) is 0 Å². The van der Waals surface area contributed by atoms with Crippen molar-refractivity contribution in [3.63, 3.8) is 0 Å². The lowest BCUT2D eigenvalue weighted by molar-refractivity contribution is 0.318. The quantitative estimate of drug-likeness (QED) is 0.390. The third-order valence-electron chi connectivity index (χ3n) is 2.12. The van der Waals surface area contributed by atoms with Gasteiger partial charge in [0.25, 0.3) is 0 Å². The van der Waals surface area contributed by atoms with Crippen LogP contribution < -0.4 is 10.5 Å². The molecule has 0 aliphatic heterocycles.